The summed E-state index contributed by atoms with van der Waals surface area (Å²) >= 11 is 0. The maximum absolute atomic E-state index is 6.30. The first-order chi connectivity index (χ1) is 8.38. The third-order valence-electron chi connectivity index (χ3n) is 5.68. The van der Waals surface area contributed by atoms with Gasteiger partial charge in [0.05, 0.1) is 0 Å². The van der Waals surface area contributed by atoms with Crippen LogP contribution in [0, 0.1) is 5.41 Å². The van der Waals surface area contributed by atoms with E-state index in [0.29, 0.717) is 12.1 Å². The van der Waals surface area contributed by atoms with Crippen LogP contribution >= 0.6 is 0 Å². The van der Waals surface area contributed by atoms with Gasteiger partial charge >= 0.3 is 0 Å². The van der Waals surface area contributed by atoms with Crippen LogP contribution in [-0.4, -0.2) is 19.1 Å². The average Bonchev–Trinajstić information content (AvgIpc) is 2.52. The van der Waals surface area contributed by atoms with E-state index in [1.165, 1.54) is 11.3 Å². The number of para-hydroxylation sites is 1. The van der Waals surface area contributed by atoms with E-state index in [2.05, 4.69) is 57.0 Å². The Morgan fingerprint density at radius 2 is 1.89 bits per heavy atom. The van der Waals surface area contributed by atoms with Gasteiger partial charge in [-0.1, -0.05) is 39.0 Å². The zero-order chi connectivity index (χ0) is 13.1. The number of rotatable bonds is 0. The Hall–Kier alpha value is -1.02. The van der Waals surface area contributed by atoms with E-state index < -0.39 is 0 Å². The van der Waals surface area contributed by atoms with E-state index in [9.17, 15) is 0 Å². The SMILES string of the molecule is CN1c2ccccc2C2(C)C1CC(N)CC2(C)C. The second-order valence-electron chi connectivity index (χ2n) is 6.93. The molecule has 1 aromatic rings. The van der Waals surface area contributed by atoms with Crippen molar-refractivity contribution in [3.05, 3.63) is 29.8 Å². The highest BCUT2D eigenvalue weighted by Gasteiger charge is 2.57. The number of hydrogen-bond acceptors (Lipinski definition) is 2. The minimum atomic E-state index is 0.216. The lowest BCUT2D eigenvalue weighted by Gasteiger charge is -2.53. The molecule has 18 heavy (non-hydrogen) atoms. The van der Waals surface area contributed by atoms with E-state index in [-0.39, 0.29) is 10.8 Å². The number of fused-ring (bicyclic) bond motifs is 3. The van der Waals surface area contributed by atoms with Gasteiger partial charge in [-0.3, -0.25) is 0 Å². The van der Waals surface area contributed by atoms with Crippen molar-refractivity contribution >= 4 is 5.69 Å². The van der Waals surface area contributed by atoms with E-state index in [4.69, 9.17) is 5.73 Å². The molecule has 1 fully saturated rings. The van der Waals surface area contributed by atoms with Gasteiger partial charge in [-0.25, -0.2) is 0 Å². The third kappa shape index (κ3) is 1.27. The van der Waals surface area contributed by atoms with Crippen LogP contribution in [0.1, 0.15) is 39.2 Å². The molecule has 3 rings (SSSR count). The van der Waals surface area contributed by atoms with Crippen molar-refractivity contribution in [2.45, 2.75) is 51.1 Å². The molecule has 1 aromatic carbocycles. The molecule has 1 heterocycles. The van der Waals surface area contributed by atoms with E-state index >= 15 is 0 Å². The molecule has 3 unspecified atom stereocenters. The number of anilines is 1. The van der Waals surface area contributed by atoms with Crippen molar-refractivity contribution in [3.8, 4) is 0 Å². The summed E-state index contributed by atoms with van der Waals surface area (Å²) < 4.78 is 0. The van der Waals surface area contributed by atoms with Gasteiger partial charge in [-0.15, -0.1) is 0 Å². The molecule has 0 bridgehead atoms. The molecule has 2 aliphatic rings. The van der Waals surface area contributed by atoms with Gasteiger partial charge in [-0.2, -0.15) is 0 Å². The first-order valence-electron chi connectivity index (χ1n) is 6.96. The predicted octanol–water partition coefficient (Wildman–Crippen LogP) is 2.91. The summed E-state index contributed by atoms with van der Waals surface area (Å²) in [7, 11) is 2.23. The summed E-state index contributed by atoms with van der Waals surface area (Å²) in [6, 6.07) is 9.74. The number of likely N-dealkylation sites (N-methyl/N-ethyl adjacent to an activating group) is 1. The van der Waals surface area contributed by atoms with Crippen molar-refractivity contribution in [3.63, 3.8) is 0 Å². The van der Waals surface area contributed by atoms with Crippen molar-refractivity contribution in [2.75, 3.05) is 11.9 Å². The van der Waals surface area contributed by atoms with Gasteiger partial charge in [0.1, 0.15) is 0 Å². The number of hydrogen-bond donors (Lipinski definition) is 1. The quantitative estimate of drug-likeness (QED) is 0.760. The van der Waals surface area contributed by atoms with Crippen LogP contribution in [0.5, 0.6) is 0 Å². The smallest absolute Gasteiger partial charge is 0.0405 e. The van der Waals surface area contributed by atoms with Gasteiger partial charge in [0, 0.05) is 30.2 Å². The standard InChI is InChI=1S/C16H24N2/c1-15(2)10-11(17)9-14-16(15,3)12-7-5-6-8-13(12)18(14)4/h5-8,11,14H,9-10,17H2,1-4H3. The fourth-order valence-electron chi connectivity index (χ4n) is 4.40. The van der Waals surface area contributed by atoms with Crippen LogP contribution in [0.2, 0.25) is 0 Å². The molecule has 3 atom stereocenters. The van der Waals surface area contributed by atoms with Gasteiger partial charge in [0.25, 0.3) is 0 Å². The Kier molecular flexibility index (Phi) is 2.34. The molecule has 2 heteroatoms. The fourth-order valence-corrected chi connectivity index (χ4v) is 4.40. The molecule has 0 radical (unpaired) electrons. The second-order valence-corrected chi connectivity index (χ2v) is 6.93. The van der Waals surface area contributed by atoms with Gasteiger partial charge in [0.2, 0.25) is 0 Å². The average molecular weight is 244 g/mol. The monoisotopic (exact) mass is 244 g/mol. The van der Waals surface area contributed by atoms with Crippen molar-refractivity contribution in [2.24, 2.45) is 11.1 Å². The number of benzene rings is 1. The van der Waals surface area contributed by atoms with Gasteiger partial charge in [-0.05, 0) is 29.9 Å². The lowest BCUT2D eigenvalue weighted by atomic mass is 9.54. The van der Waals surface area contributed by atoms with Crippen LogP contribution in [0.4, 0.5) is 5.69 Å². The highest BCUT2D eigenvalue weighted by molar-refractivity contribution is 5.65. The molecule has 1 saturated carbocycles. The van der Waals surface area contributed by atoms with Gasteiger partial charge < -0.3 is 10.6 Å². The zero-order valence-corrected chi connectivity index (χ0v) is 11.9. The summed E-state index contributed by atoms with van der Waals surface area (Å²) in [5.74, 6) is 0. The second kappa shape index (κ2) is 3.51. The molecular formula is C16H24N2. The Morgan fingerprint density at radius 1 is 1.22 bits per heavy atom. The maximum atomic E-state index is 6.30. The Balaban J connectivity index is 2.20. The topological polar surface area (TPSA) is 29.3 Å². The van der Waals surface area contributed by atoms with Crippen molar-refractivity contribution < 1.29 is 0 Å². The Bertz CT molecular complexity index is 480. The van der Waals surface area contributed by atoms with Gasteiger partial charge in [0.15, 0.2) is 0 Å². The first-order valence-corrected chi connectivity index (χ1v) is 6.96. The molecular weight excluding hydrogens is 220 g/mol. The van der Waals surface area contributed by atoms with Crippen LogP contribution in [-0.2, 0) is 5.41 Å². The molecule has 98 valence electrons. The largest absolute Gasteiger partial charge is 0.370 e. The Labute approximate surface area is 110 Å². The molecule has 1 aliphatic carbocycles. The first kappa shape index (κ1) is 12.0. The maximum Gasteiger partial charge on any atom is 0.0405 e. The highest BCUT2D eigenvalue weighted by Crippen LogP contribution is 2.59. The molecule has 0 saturated heterocycles. The highest BCUT2D eigenvalue weighted by atomic mass is 15.2. The van der Waals surface area contributed by atoms with Crippen LogP contribution in [0.15, 0.2) is 24.3 Å². The fraction of sp³-hybridized carbons (Fsp3) is 0.625. The molecule has 2 nitrogen and oxygen atoms in total. The summed E-state index contributed by atoms with van der Waals surface area (Å²) in [5, 5.41) is 0. The molecule has 1 aliphatic heterocycles. The molecule has 0 aromatic heterocycles. The molecule has 2 N–H and O–H groups in total. The normalized spacial score (nSPS) is 37.3. The number of nitrogens with zero attached hydrogens (tertiary/aromatic N) is 1. The zero-order valence-electron chi connectivity index (χ0n) is 11.9. The summed E-state index contributed by atoms with van der Waals surface area (Å²) in [6.45, 7) is 7.20. The lowest BCUT2D eigenvalue weighted by molar-refractivity contribution is 0.0827. The van der Waals surface area contributed by atoms with Crippen molar-refractivity contribution in [1.82, 2.24) is 0 Å². The lowest BCUT2D eigenvalue weighted by Crippen LogP contribution is -2.58. The molecule has 0 spiro atoms. The van der Waals surface area contributed by atoms with E-state index in [0.717, 1.165) is 12.8 Å². The Morgan fingerprint density at radius 3 is 2.61 bits per heavy atom. The van der Waals surface area contributed by atoms with Crippen LogP contribution < -0.4 is 10.6 Å². The number of nitrogens with two attached hydrogens (primary N) is 1. The minimum absolute atomic E-state index is 0.216. The third-order valence-corrected chi connectivity index (χ3v) is 5.68. The van der Waals surface area contributed by atoms with Crippen LogP contribution in [0.25, 0.3) is 0 Å². The van der Waals surface area contributed by atoms with Crippen LogP contribution in [0.3, 0.4) is 0 Å². The van der Waals surface area contributed by atoms with Crippen molar-refractivity contribution in [1.29, 1.82) is 0 Å². The van der Waals surface area contributed by atoms with E-state index in [1.54, 1.807) is 0 Å². The predicted molar refractivity (Wildman–Crippen MR) is 77.0 cm³/mol. The summed E-state index contributed by atoms with van der Waals surface area (Å²) in [5.41, 5.74) is 9.66. The minimum Gasteiger partial charge on any atom is -0.370 e. The summed E-state index contributed by atoms with van der Waals surface area (Å²) in [4.78, 5) is 2.45. The summed E-state index contributed by atoms with van der Waals surface area (Å²) in [6.07, 6.45) is 2.22. The van der Waals surface area contributed by atoms with E-state index in [1.807, 2.05) is 0 Å². The molecule has 0 amide bonds.